The number of hydrogen-bond donors (Lipinski definition) is 2. The van der Waals surface area contributed by atoms with E-state index in [1.807, 2.05) is 12.3 Å². The van der Waals surface area contributed by atoms with Gasteiger partial charge in [0, 0.05) is 23.7 Å². The van der Waals surface area contributed by atoms with E-state index in [4.69, 9.17) is 4.74 Å². The average molecular weight is 263 g/mol. The number of nitrogens with zero attached hydrogens (tertiary/aromatic N) is 2. The Balaban J connectivity index is 2.28. The number of likely N-dealkylation sites (N-methyl/N-ethyl adjacent to an activating group) is 1. The van der Waals surface area contributed by atoms with Crippen molar-refractivity contribution in [3.8, 4) is 5.75 Å². The van der Waals surface area contributed by atoms with Crippen LogP contribution in [0.4, 0.5) is 0 Å². The van der Waals surface area contributed by atoms with Gasteiger partial charge in [-0.15, -0.1) is 0 Å². The zero-order chi connectivity index (χ0) is 13.8. The molecule has 0 aromatic carbocycles. The van der Waals surface area contributed by atoms with Crippen LogP contribution in [0.15, 0.2) is 18.5 Å². The van der Waals surface area contributed by atoms with Gasteiger partial charge >= 0.3 is 0 Å². The van der Waals surface area contributed by atoms with Crippen LogP contribution in [0.5, 0.6) is 5.75 Å². The smallest absolute Gasteiger partial charge is 0.137 e. The molecule has 0 aliphatic rings. The van der Waals surface area contributed by atoms with Gasteiger partial charge in [0.15, 0.2) is 0 Å². The van der Waals surface area contributed by atoms with Crippen LogP contribution >= 0.6 is 0 Å². The molecule has 0 radical (unpaired) electrons. The van der Waals surface area contributed by atoms with Gasteiger partial charge in [0.2, 0.25) is 0 Å². The number of fused-ring (bicyclic) bond motifs is 1. The molecule has 0 saturated carbocycles. The minimum Gasteiger partial charge on any atom is -0.495 e. The second-order valence-electron chi connectivity index (χ2n) is 4.52. The van der Waals surface area contributed by atoms with Crippen molar-refractivity contribution in [2.75, 3.05) is 26.7 Å². The lowest BCUT2D eigenvalue weighted by Gasteiger charge is -2.21. The Morgan fingerprint density at radius 1 is 1.42 bits per heavy atom. The summed E-state index contributed by atoms with van der Waals surface area (Å²) < 4.78 is 5.18. The third kappa shape index (κ3) is 2.88. The maximum atomic E-state index is 10.4. The summed E-state index contributed by atoms with van der Waals surface area (Å²) in [7, 11) is 1.61. The number of nitrogens with one attached hydrogen (secondary N) is 1. The molecule has 2 N–H and O–H groups in total. The number of pyridine rings is 1. The highest BCUT2D eigenvalue weighted by Crippen LogP contribution is 2.26. The van der Waals surface area contributed by atoms with Gasteiger partial charge in [-0.2, -0.15) is 0 Å². The number of H-pyrrole nitrogens is 1. The molecule has 0 bridgehead atoms. The molecule has 1 unspecified atom stereocenters. The maximum Gasteiger partial charge on any atom is 0.137 e. The Labute approximate surface area is 113 Å². The predicted molar refractivity (Wildman–Crippen MR) is 75.4 cm³/mol. The van der Waals surface area contributed by atoms with E-state index in [2.05, 4.69) is 28.7 Å². The van der Waals surface area contributed by atoms with E-state index in [9.17, 15) is 5.11 Å². The molecule has 0 aliphatic carbocycles. The van der Waals surface area contributed by atoms with Crippen molar-refractivity contribution in [3.05, 3.63) is 24.0 Å². The molecular formula is C14H21N3O2. The standard InChI is InChI=1S/C14H21N3O2/c1-4-17(5-2)9-13(18)12-8-16-14-11(12)6-10(19-3)7-15-14/h6-8,13,18H,4-5,9H2,1-3H3,(H,15,16). The van der Waals surface area contributed by atoms with Gasteiger partial charge in [0.1, 0.15) is 11.4 Å². The summed E-state index contributed by atoms with van der Waals surface area (Å²) in [5.74, 6) is 0.698. The summed E-state index contributed by atoms with van der Waals surface area (Å²) in [6.45, 7) is 6.66. The molecule has 2 aromatic rings. The van der Waals surface area contributed by atoms with Crippen LogP contribution in [0.25, 0.3) is 11.0 Å². The number of hydrogen-bond acceptors (Lipinski definition) is 4. The van der Waals surface area contributed by atoms with Crippen LogP contribution in [0.3, 0.4) is 0 Å². The quantitative estimate of drug-likeness (QED) is 0.836. The number of aliphatic hydroxyl groups is 1. The van der Waals surface area contributed by atoms with Crippen LogP contribution in [0, 0.1) is 0 Å². The minimum absolute atomic E-state index is 0.525. The van der Waals surface area contributed by atoms with Crippen LogP contribution in [-0.2, 0) is 0 Å². The van der Waals surface area contributed by atoms with Crippen LogP contribution < -0.4 is 4.74 Å². The summed E-state index contributed by atoms with van der Waals surface area (Å²) in [5.41, 5.74) is 1.64. The highest BCUT2D eigenvalue weighted by Gasteiger charge is 2.16. The Hall–Kier alpha value is -1.59. The van der Waals surface area contributed by atoms with Crippen LogP contribution in [0.1, 0.15) is 25.5 Å². The Kier molecular flexibility index (Phi) is 4.39. The predicted octanol–water partition coefficient (Wildman–Crippen LogP) is 1.95. The molecular weight excluding hydrogens is 242 g/mol. The Morgan fingerprint density at radius 3 is 2.79 bits per heavy atom. The molecule has 5 heteroatoms. The summed E-state index contributed by atoms with van der Waals surface area (Å²) in [4.78, 5) is 9.55. The second kappa shape index (κ2) is 6.04. The third-order valence-corrected chi connectivity index (χ3v) is 3.46. The van der Waals surface area contributed by atoms with E-state index in [0.29, 0.717) is 12.3 Å². The van der Waals surface area contributed by atoms with Crippen LogP contribution in [0.2, 0.25) is 0 Å². The van der Waals surface area contributed by atoms with Gasteiger partial charge in [-0.05, 0) is 19.2 Å². The van der Waals surface area contributed by atoms with E-state index in [-0.39, 0.29) is 0 Å². The number of rotatable bonds is 6. The molecule has 1 atom stereocenters. The highest BCUT2D eigenvalue weighted by atomic mass is 16.5. The minimum atomic E-state index is -0.525. The first-order valence-corrected chi connectivity index (χ1v) is 6.61. The fraction of sp³-hybridized carbons (Fsp3) is 0.500. The van der Waals surface area contributed by atoms with Crippen molar-refractivity contribution in [1.82, 2.24) is 14.9 Å². The lowest BCUT2D eigenvalue weighted by Crippen LogP contribution is -2.28. The van der Waals surface area contributed by atoms with Crippen molar-refractivity contribution in [2.24, 2.45) is 0 Å². The maximum absolute atomic E-state index is 10.4. The first-order valence-electron chi connectivity index (χ1n) is 6.61. The van der Waals surface area contributed by atoms with Crippen molar-refractivity contribution < 1.29 is 9.84 Å². The number of ether oxygens (including phenoxy) is 1. The molecule has 2 heterocycles. The first-order chi connectivity index (χ1) is 9.19. The van der Waals surface area contributed by atoms with E-state index >= 15 is 0 Å². The monoisotopic (exact) mass is 263 g/mol. The van der Waals surface area contributed by atoms with Crippen LogP contribution in [-0.4, -0.2) is 46.7 Å². The second-order valence-corrected chi connectivity index (χ2v) is 4.52. The number of aliphatic hydroxyl groups excluding tert-OH is 1. The molecule has 2 rings (SSSR count). The Morgan fingerprint density at radius 2 is 2.16 bits per heavy atom. The van der Waals surface area contributed by atoms with Gasteiger partial charge < -0.3 is 19.7 Å². The summed E-state index contributed by atoms with van der Waals surface area (Å²) in [6.07, 6.45) is 2.97. The topological polar surface area (TPSA) is 61.4 Å². The number of methoxy groups -OCH3 is 1. The molecule has 0 spiro atoms. The largest absolute Gasteiger partial charge is 0.495 e. The van der Waals surface area contributed by atoms with E-state index in [1.165, 1.54) is 0 Å². The molecule has 104 valence electrons. The fourth-order valence-electron chi connectivity index (χ4n) is 2.22. The highest BCUT2D eigenvalue weighted by molar-refractivity contribution is 5.81. The van der Waals surface area contributed by atoms with Gasteiger partial charge in [-0.3, -0.25) is 0 Å². The third-order valence-electron chi connectivity index (χ3n) is 3.46. The molecule has 19 heavy (non-hydrogen) atoms. The lowest BCUT2D eigenvalue weighted by molar-refractivity contribution is 0.120. The van der Waals surface area contributed by atoms with Gasteiger partial charge in [0.05, 0.1) is 19.4 Å². The number of aromatic nitrogens is 2. The van der Waals surface area contributed by atoms with Gasteiger partial charge in [-0.25, -0.2) is 4.98 Å². The Bertz CT molecular complexity index is 534. The first kappa shape index (κ1) is 13.8. The number of aromatic amines is 1. The molecule has 2 aromatic heterocycles. The van der Waals surface area contributed by atoms with Gasteiger partial charge in [-0.1, -0.05) is 13.8 Å². The normalized spacial score (nSPS) is 13.1. The lowest BCUT2D eigenvalue weighted by atomic mass is 10.1. The molecule has 0 saturated heterocycles. The average Bonchev–Trinajstić information content (AvgIpc) is 2.87. The zero-order valence-corrected chi connectivity index (χ0v) is 11.7. The van der Waals surface area contributed by atoms with E-state index in [0.717, 1.165) is 29.7 Å². The summed E-state index contributed by atoms with van der Waals surface area (Å²) >= 11 is 0. The zero-order valence-electron chi connectivity index (χ0n) is 11.7. The van der Waals surface area contributed by atoms with Crippen molar-refractivity contribution in [3.63, 3.8) is 0 Å². The fourth-order valence-corrected chi connectivity index (χ4v) is 2.22. The van der Waals surface area contributed by atoms with Gasteiger partial charge in [0.25, 0.3) is 0 Å². The molecule has 0 aliphatic heterocycles. The summed E-state index contributed by atoms with van der Waals surface area (Å²) in [6, 6.07) is 1.90. The van der Waals surface area contributed by atoms with Crippen molar-refractivity contribution in [1.29, 1.82) is 0 Å². The van der Waals surface area contributed by atoms with Crippen molar-refractivity contribution >= 4 is 11.0 Å². The molecule has 0 amide bonds. The van der Waals surface area contributed by atoms with E-state index in [1.54, 1.807) is 13.3 Å². The molecule has 0 fully saturated rings. The SMILES string of the molecule is CCN(CC)CC(O)c1c[nH]c2ncc(OC)cc12. The van der Waals surface area contributed by atoms with Crippen molar-refractivity contribution in [2.45, 2.75) is 20.0 Å². The molecule has 5 nitrogen and oxygen atoms in total. The van der Waals surface area contributed by atoms with E-state index < -0.39 is 6.10 Å². The summed E-state index contributed by atoms with van der Waals surface area (Å²) in [5, 5.41) is 11.3.